The van der Waals surface area contributed by atoms with Crippen molar-refractivity contribution in [1.29, 1.82) is 0 Å². The topological polar surface area (TPSA) is 18.5 Å². The number of hydrogen-bond acceptors (Lipinski definition) is 2. The minimum Gasteiger partial charge on any atom is -0.490 e. The standard InChI is InChI=1S/C15H14BrClO2/c1-2-18-14-5-3-4-6-15(14)19-13-8-7-11(10-17)9-12(13)16/h3-9H,2,10H2,1H3. The van der Waals surface area contributed by atoms with Crippen LogP contribution in [-0.2, 0) is 5.88 Å². The Morgan fingerprint density at radius 2 is 1.79 bits per heavy atom. The molecule has 0 aliphatic heterocycles. The molecule has 4 heteroatoms. The van der Waals surface area contributed by atoms with Crippen LogP contribution >= 0.6 is 27.5 Å². The number of benzene rings is 2. The summed E-state index contributed by atoms with van der Waals surface area (Å²) in [6.45, 7) is 2.55. The van der Waals surface area contributed by atoms with E-state index in [-0.39, 0.29) is 0 Å². The molecule has 0 amide bonds. The van der Waals surface area contributed by atoms with Gasteiger partial charge >= 0.3 is 0 Å². The van der Waals surface area contributed by atoms with E-state index >= 15 is 0 Å². The molecule has 0 aromatic heterocycles. The van der Waals surface area contributed by atoms with Gasteiger partial charge in [0.05, 0.1) is 11.1 Å². The van der Waals surface area contributed by atoms with Crippen molar-refractivity contribution in [2.24, 2.45) is 0 Å². The predicted octanol–water partition coefficient (Wildman–Crippen LogP) is 5.38. The third kappa shape index (κ3) is 3.64. The number of hydrogen-bond donors (Lipinski definition) is 0. The van der Waals surface area contributed by atoms with Crippen LogP contribution in [0.4, 0.5) is 0 Å². The first-order valence-corrected chi connectivity index (χ1v) is 7.31. The monoisotopic (exact) mass is 340 g/mol. The van der Waals surface area contributed by atoms with E-state index in [9.17, 15) is 0 Å². The fourth-order valence-electron chi connectivity index (χ4n) is 1.64. The molecular formula is C15H14BrClO2. The van der Waals surface area contributed by atoms with Gasteiger partial charge in [0.2, 0.25) is 0 Å². The molecule has 2 aromatic carbocycles. The van der Waals surface area contributed by atoms with Crippen molar-refractivity contribution in [3.05, 3.63) is 52.5 Å². The molecule has 0 aliphatic rings. The van der Waals surface area contributed by atoms with Gasteiger partial charge in [0.15, 0.2) is 11.5 Å². The SMILES string of the molecule is CCOc1ccccc1Oc1ccc(CCl)cc1Br. The average molecular weight is 342 g/mol. The number of halogens is 2. The van der Waals surface area contributed by atoms with Crippen LogP contribution in [-0.4, -0.2) is 6.61 Å². The molecule has 0 atom stereocenters. The first kappa shape index (κ1) is 14.2. The van der Waals surface area contributed by atoms with Crippen molar-refractivity contribution < 1.29 is 9.47 Å². The summed E-state index contributed by atoms with van der Waals surface area (Å²) in [6.07, 6.45) is 0. The second-order valence-electron chi connectivity index (χ2n) is 3.88. The van der Waals surface area contributed by atoms with E-state index in [1.54, 1.807) is 0 Å². The highest BCUT2D eigenvalue weighted by molar-refractivity contribution is 9.10. The van der Waals surface area contributed by atoms with Gasteiger partial charge in [-0.2, -0.15) is 0 Å². The summed E-state index contributed by atoms with van der Waals surface area (Å²) in [5, 5.41) is 0. The Bertz CT molecular complexity index is 558. The zero-order valence-corrected chi connectivity index (χ0v) is 12.9. The second kappa shape index (κ2) is 6.83. The van der Waals surface area contributed by atoms with Crippen LogP contribution < -0.4 is 9.47 Å². The molecule has 0 fully saturated rings. The third-order valence-electron chi connectivity index (χ3n) is 2.52. The molecule has 0 N–H and O–H groups in total. The van der Waals surface area contributed by atoms with E-state index in [2.05, 4.69) is 15.9 Å². The Balaban J connectivity index is 2.26. The zero-order valence-electron chi connectivity index (χ0n) is 10.5. The lowest BCUT2D eigenvalue weighted by atomic mass is 10.2. The van der Waals surface area contributed by atoms with Crippen LogP contribution in [0.3, 0.4) is 0 Å². The molecule has 0 saturated heterocycles. The van der Waals surface area contributed by atoms with Crippen molar-refractivity contribution in [2.45, 2.75) is 12.8 Å². The summed E-state index contributed by atoms with van der Waals surface area (Å²) < 4.78 is 12.3. The number of ether oxygens (including phenoxy) is 2. The third-order valence-corrected chi connectivity index (χ3v) is 3.45. The molecule has 0 spiro atoms. The molecule has 0 radical (unpaired) electrons. The lowest BCUT2D eigenvalue weighted by molar-refractivity contribution is 0.321. The summed E-state index contributed by atoms with van der Waals surface area (Å²) in [6, 6.07) is 13.4. The van der Waals surface area contributed by atoms with E-state index in [0.29, 0.717) is 18.2 Å². The van der Waals surface area contributed by atoms with Crippen LogP contribution in [0.25, 0.3) is 0 Å². The maximum atomic E-state index is 5.88. The molecular weight excluding hydrogens is 328 g/mol. The van der Waals surface area contributed by atoms with Crippen molar-refractivity contribution in [3.8, 4) is 17.2 Å². The van der Waals surface area contributed by atoms with Crippen LogP contribution in [0.5, 0.6) is 17.2 Å². The van der Waals surface area contributed by atoms with Crippen LogP contribution in [0, 0.1) is 0 Å². The largest absolute Gasteiger partial charge is 0.490 e. The Labute approximate surface area is 126 Å². The first-order chi connectivity index (χ1) is 9.24. The average Bonchev–Trinajstić information content (AvgIpc) is 2.43. The lowest BCUT2D eigenvalue weighted by Crippen LogP contribution is -1.95. The zero-order chi connectivity index (χ0) is 13.7. The number of alkyl halides is 1. The van der Waals surface area contributed by atoms with Gasteiger partial charge in [0, 0.05) is 5.88 Å². The molecule has 0 saturated carbocycles. The van der Waals surface area contributed by atoms with Crippen molar-refractivity contribution in [2.75, 3.05) is 6.61 Å². The molecule has 19 heavy (non-hydrogen) atoms. The van der Waals surface area contributed by atoms with Crippen molar-refractivity contribution in [3.63, 3.8) is 0 Å². The van der Waals surface area contributed by atoms with Gasteiger partial charge < -0.3 is 9.47 Å². The summed E-state index contributed by atoms with van der Waals surface area (Å²) in [5.74, 6) is 2.65. The van der Waals surface area contributed by atoms with E-state index in [1.165, 1.54) is 0 Å². The maximum absolute atomic E-state index is 5.88. The van der Waals surface area contributed by atoms with Crippen LogP contribution in [0.15, 0.2) is 46.9 Å². The summed E-state index contributed by atoms with van der Waals surface area (Å²) in [4.78, 5) is 0. The fraction of sp³-hybridized carbons (Fsp3) is 0.200. The van der Waals surface area contributed by atoms with Gasteiger partial charge in [0.1, 0.15) is 5.75 Å². The quantitative estimate of drug-likeness (QED) is 0.680. The van der Waals surface area contributed by atoms with Crippen molar-refractivity contribution >= 4 is 27.5 Å². The first-order valence-electron chi connectivity index (χ1n) is 5.98. The van der Waals surface area contributed by atoms with Gasteiger partial charge in [-0.25, -0.2) is 0 Å². The van der Waals surface area contributed by atoms with Crippen LogP contribution in [0.1, 0.15) is 12.5 Å². The molecule has 2 rings (SSSR count). The molecule has 2 aromatic rings. The highest BCUT2D eigenvalue weighted by atomic mass is 79.9. The molecule has 0 aliphatic carbocycles. The Morgan fingerprint density at radius 1 is 1.05 bits per heavy atom. The van der Waals surface area contributed by atoms with Gasteiger partial charge in [-0.15, -0.1) is 11.6 Å². The summed E-state index contributed by atoms with van der Waals surface area (Å²) >= 11 is 9.28. The Morgan fingerprint density at radius 3 is 2.42 bits per heavy atom. The Kier molecular flexibility index (Phi) is 5.11. The Hall–Kier alpha value is -1.19. The van der Waals surface area contributed by atoms with E-state index in [1.807, 2.05) is 49.4 Å². The lowest BCUT2D eigenvalue weighted by Gasteiger charge is -2.12. The highest BCUT2D eigenvalue weighted by Gasteiger charge is 2.08. The smallest absolute Gasteiger partial charge is 0.169 e. The molecule has 0 heterocycles. The second-order valence-corrected chi connectivity index (χ2v) is 5.00. The van der Waals surface area contributed by atoms with E-state index in [4.69, 9.17) is 21.1 Å². The van der Waals surface area contributed by atoms with Gasteiger partial charge in [-0.3, -0.25) is 0 Å². The number of rotatable bonds is 5. The minimum atomic E-state index is 0.481. The normalized spacial score (nSPS) is 10.3. The van der Waals surface area contributed by atoms with Crippen molar-refractivity contribution in [1.82, 2.24) is 0 Å². The minimum absolute atomic E-state index is 0.481. The molecule has 0 unspecified atom stereocenters. The van der Waals surface area contributed by atoms with E-state index < -0.39 is 0 Å². The van der Waals surface area contributed by atoms with Gasteiger partial charge in [0.25, 0.3) is 0 Å². The maximum Gasteiger partial charge on any atom is 0.169 e. The summed E-state index contributed by atoms with van der Waals surface area (Å²) in [5.41, 5.74) is 1.04. The van der Waals surface area contributed by atoms with Gasteiger partial charge in [-0.1, -0.05) is 18.2 Å². The molecule has 2 nitrogen and oxygen atoms in total. The summed E-state index contributed by atoms with van der Waals surface area (Å²) in [7, 11) is 0. The predicted molar refractivity (Wildman–Crippen MR) is 81.4 cm³/mol. The van der Waals surface area contributed by atoms with E-state index in [0.717, 1.165) is 21.5 Å². The molecule has 100 valence electrons. The van der Waals surface area contributed by atoms with Crippen LogP contribution in [0.2, 0.25) is 0 Å². The van der Waals surface area contributed by atoms with Gasteiger partial charge in [-0.05, 0) is 52.7 Å². The molecule has 0 bridgehead atoms. The fourth-order valence-corrected chi connectivity index (χ4v) is 2.31. The highest BCUT2D eigenvalue weighted by Crippen LogP contribution is 2.35. The number of para-hydroxylation sites is 2.